The molecule has 0 aliphatic rings. The van der Waals surface area contributed by atoms with E-state index in [0.29, 0.717) is 19.1 Å². The Hall–Kier alpha value is -1.64. The van der Waals surface area contributed by atoms with Gasteiger partial charge in [-0.05, 0) is 52.8 Å². The number of carbonyl (C=O) groups is 1. The molecule has 0 bridgehead atoms. The number of amides is 1. The average molecular weight is 554 g/mol. The second-order valence-corrected chi connectivity index (χ2v) is 10.8. The molecule has 5 nitrogen and oxygen atoms in total. The van der Waals surface area contributed by atoms with E-state index >= 15 is 0 Å². The zero-order valence-corrected chi connectivity index (χ0v) is 24.8. The second kappa shape index (κ2) is 14.3. The maximum absolute atomic E-state index is 12.5. The van der Waals surface area contributed by atoms with Crippen LogP contribution in [-0.2, 0) is 28.0 Å². The van der Waals surface area contributed by atoms with Crippen molar-refractivity contribution in [2.24, 2.45) is 5.92 Å². The maximum Gasteiger partial charge on any atom is 1.00 e. The third kappa shape index (κ3) is 9.34. The number of benzene rings is 3. The van der Waals surface area contributed by atoms with Crippen LogP contribution in [0.1, 0.15) is 47.3 Å². The Bertz CT molecular complexity index is 1290. The molecule has 0 spiro atoms. The van der Waals surface area contributed by atoms with E-state index in [1.54, 1.807) is 12.1 Å². The molecule has 0 saturated heterocycles. The number of carbonyl (C=O) groups excluding carboxylic acids is 1. The molecule has 0 atom stereocenters. The number of allylic oxidation sites excluding steroid dienone is 1. The van der Waals surface area contributed by atoms with Crippen LogP contribution in [0.3, 0.4) is 0 Å². The Labute approximate surface area is 245 Å². The van der Waals surface area contributed by atoms with E-state index in [1.807, 2.05) is 12.1 Å². The molecule has 0 aliphatic carbocycles. The zero-order valence-electron chi connectivity index (χ0n) is 20.4. The molecule has 36 heavy (non-hydrogen) atoms. The predicted molar refractivity (Wildman–Crippen MR) is 141 cm³/mol. The maximum atomic E-state index is 12.5. The van der Waals surface area contributed by atoms with Crippen LogP contribution in [0.2, 0.25) is 10.0 Å². The van der Waals surface area contributed by atoms with Gasteiger partial charge in [0.15, 0.2) is 0 Å². The number of halogens is 2. The van der Waals surface area contributed by atoms with Crippen molar-refractivity contribution in [1.82, 2.24) is 0 Å². The minimum atomic E-state index is -4.27. The molecule has 0 aromatic heterocycles. The van der Waals surface area contributed by atoms with Crippen molar-refractivity contribution in [2.45, 2.75) is 38.4 Å². The van der Waals surface area contributed by atoms with Crippen LogP contribution >= 0.6 is 23.2 Å². The molecule has 184 valence electrons. The van der Waals surface area contributed by atoms with Gasteiger partial charge in [-0.15, -0.1) is 0 Å². The van der Waals surface area contributed by atoms with Gasteiger partial charge in [0, 0.05) is 5.02 Å². The first-order valence-corrected chi connectivity index (χ1v) is 13.2. The van der Waals surface area contributed by atoms with Gasteiger partial charge in [-0.1, -0.05) is 97.7 Å². The minimum Gasteiger partial charge on any atom is -0.538 e. The molecule has 0 saturated carbocycles. The third-order valence-corrected chi connectivity index (χ3v) is 6.99. The Morgan fingerprint density at radius 3 is 2.08 bits per heavy atom. The van der Waals surface area contributed by atoms with Gasteiger partial charge in [-0.2, -0.15) is 0 Å². The van der Waals surface area contributed by atoms with Crippen molar-refractivity contribution in [1.29, 1.82) is 0 Å². The summed E-state index contributed by atoms with van der Waals surface area (Å²) in [7, 11) is -4.27. The van der Waals surface area contributed by atoms with Gasteiger partial charge < -0.3 is 14.3 Å². The largest absolute Gasteiger partial charge is 1.00 e. The number of hydrogen-bond donors (Lipinski definition) is 0. The second-order valence-electron chi connectivity index (χ2n) is 8.41. The normalized spacial score (nSPS) is 11.5. The molecular formula is C27H26Cl2NNaO4S. The summed E-state index contributed by atoms with van der Waals surface area (Å²) in [5.41, 5.74) is 3.20. The molecular weight excluding hydrogens is 528 g/mol. The Morgan fingerprint density at radius 2 is 1.53 bits per heavy atom. The van der Waals surface area contributed by atoms with Gasteiger partial charge >= 0.3 is 29.6 Å². The van der Waals surface area contributed by atoms with Crippen molar-refractivity contribution < 1.29 is 47.5 Å². The predicted octanol–water partition coefficient (Wildman–Crippen LogP) is 4.68. The first kappa shape index (κ1) is 30.6. The van der Waals surface area contributed by atoms with E-state index in [0.717, 1.165) is 23.1 Å². The molecule has 0 unspecified atom stereocenters. The summed E-state index contributed by atoms with van der Waals surface area (Å²) in [5, 5.41) is 0.183. The summed E-state index contributed by atoms with van der Waals surface area (Å²) in [6.07, 6.45) is 5.35. The minimum absolute atomic E-state index is 0. The quantitative estimate of drug-likeness (QED) is 0.342. The number of sulfonamides is 1. The van der Waals surface area contributed by atoms with Gasteiger partial charge in [0.2, 0.25) is 0 Å². The summed E-state index contributed by atoms with van der Waals surface area (Å²) in [6.45, 7) is 5.18. The standard InChI is InChI=1S/C27H27Cl2NO4S.Na/c1-19(2)4-3-5-20-6-8-21(9-7-20)17-34-18-22-10-12-23(13-11-22)27(31)30-35(32,33)26-15-14-24(28)16-25(26)29;/h3,5-16,19H,4,17-18H2,1-2H3,(H,30,31);/q;+1/p-1/b5-3+;. The SMILES string of the molecule is CC(C)C/C=C/c1ccc(COCc2ccc(C(=O)[N-]S(=O)(=O)c3ccc(Cl)cc3Cl)cc2)cc1.[Na+]. The number of rotatable bonds is 10. The molecule has 0 fully saturated rings. The third-order valence-electron chi connectivity index (χ3n) is 5.01. The fraction of sp³-hybridized carbons (Fsp3) is 0.222. The van der Waals surface area contributed by atoms with E-state index in [1.165, 1.54) is 30.3 Å². The van der Waals surface area contributed by atoms with Crippen molar-refractivity contribution in [3.05, 3.63) is 110 Å². The summed E-state index contributed by atoms with van der Waals surface area (Å²) >= 11 is 11.7. The van der Waals surface area contributed by atoms with E-state index in [9.17, 15) is 13.2 Å². The smallest absolute Gasteiger partial charge is 0.538 e. The van der Waals surface area contributed by atoms with Crippen LogP contribution in [0.25, 0.3) is 10.8 Å². The Kier molecular flexibility index (Phi) is 12.2. The van der Waals surface area contributed by atoms with Crippen LogP contribution in [0.5, 0.6) is 0 Å². The Balaban J connectivity index is 0.00000456. The summed E-state index contributed by atoms with van der Waals surface area (Å²) in [5.74, 6) is -0.243. The molecule has 3 aromatic carbocycles. The van der Waals surface area contributed by atoms with Gasteiger partial charge in [-0.3, -0.25) is 0 Å². The molecule has 0 N–H and O–H groups in total. The molecule has 0 heterocycles. The molecule has 9 heteroatoms. The number of hydrogen-bond acceptors (Lipinski definition) is 4. The van der Waals surface area contributed by atoms with Gasteiger partial charge in [0.1, 0.15) is 10.0 Å². The fourth-order valence-corrected chi connectivity index (χ4v) is 4.80. The molecule has 3 rings (SSSR count). The van der Waals surface area contributed by atoms with Crippen LogP contribution in [0.4, 0.5) is 0 Å². The van der Waals surface area contributed by atoms with Crippen molar-refractivity contribution in [3.63, 3.8) is 0 Å². The first-order chi connectivity index (χ1) is 16.6. The fourth-order valence-electron chi connectivity index (χ4n) is 3.13. The van der Waals surface area contributed by atoms with Crippen LogP contribution < -0.4 is 29.6 Å². The molecule has 3 aromatic rings. The van der Waals surface area contributed by atoms with Gasteiger partial charge in [0.05, 0.1) is 29.0 Å². The summed E-state index contributed by atoms with van der Waals surface area (Å²) in [6, 6.07) is 18.5. The van der Waals surface area contributed by atoms with E-state index in [2.05, 4.69) is 42.9 Å². The molecule has 1 amide bonds. The van der Waals surface area contributed by atoms with E-state index < -0.39 is 15.9 Å². The van der Waals surface area contributed by atoms with E-state index in [4.69, 9.17) is 27.9 Å². The average Bonchev–Trinajstić information content (AvgIpc) is 2.80. The monoisotopic (exact) mass is 553 g/mol. The van der Waals surface area contributed by atoms with Crippen molar-refractivity contribution >= 4 is 45.2 Å². The Morgan fingerprint density at radius 1 is 0.944 bits per heavy atom. The molecule has 0 aliphatic heterocycles. The molecule has 0 radical (unpaired) electrons. The van der Waals surface area contributed by atoms with Crippen molar-refractivity contribution in [3.8, 4) is 0 Å². The zero-order chi connectivity index (χ0) is 25.4. The number of ether oxygens (including phenoxy) is 1. The van der Waals surface area contributed by atoms with E-state index in [-0.39, 0.29) is 50.1 Å². The van der Waals surface area contributed by atoms with Gasteiger partial charge in [-0.25, -0.2) is 8.42 Å². The first-order valence-electron chi connectivity index (χ1n) is 11.0. The number of nitrogens with zero attached hydrogens (tertiary/aromatic N) is 1. The van der Waals surface area contributed by atoms with Crippen LogP contribution in [-0.4, -0.2) is 14.3 Å². The van der Waals surface area contributed by atoms with Gasteiger partial charge in [0.25, 0.3) is 0 Å². The van der Waals surface area contributed by atoms with Crippen LogP contribution in [0.15, 0.2) is 77.7 Å². The van der Waals surface area contributed by atoms with Crippen LogP contribution in [0, 0.1) is 5.92 Å². The summed E-state index contributed by atoms with van der Waals surface area (Å²) in [4.78, 5) is 12.1. The summed E-state index contributed by atoms with van der Waals surface area (Å²) < 4.78 is 34.1. The van der Waals surface area contributed by atoms with Crippen molar-refractivity contribution in [2.75, 3.05) is 0 Å². The topological polar surface area (TPSA) is 74.5 Å².